The molecule has 1 aromatic rings. The molecule has 0 nitrogen and oxygen atoms in total. The minimum Gasteiger partial charge on any atom is -0.100 e. The summed E-state index contributed by atoms with van der Waals surface area (Å²) in [6.07, 6.45) is 2.18. The SMILES string of the molecule is C=C(C)CCc1ccc(Br)cc1. The van der Waals surface area contributed by atoms with Gasteiger partial charge in [0.15, 0.2) is 0 Å². The zero-order chi connectivity index (χ0) is 8.97. The molecule has 0 spiro atoms. The van der Waals surface area contributed by atoms with E-state index in [2.05, 4.69) is 53.7 Å². The highest BCUT2D eigenvalue weighted by molar-refractivity contribution is 9.10. The summed E-state index contributed by atoms with van der Waals surface area (Å²) in [5, 5.41) is 0. The predicted molar refractivity (Wildman–Crippen MR) is 57.3 cm³/mol. The Morgan fingerprint density at radius 1 is 1.33 bits per heavy atom. The third-order valence-electron chi connectivity index (χ3n) is 1.75. The average molecular weight is 225 g/mol. The summed E-state index contributed by atoms with van der Waals surface area (Å²) in [6, 6.07) is 8.45. The van der Waals surface area contributed by atoms with E-state index in [-0.39, 0.29) is 0 Å². The molecule has 0 N–H and O–H groups in total. The van der Waals surface area contributed by atoms with Crippen molar-refractivity contribution in [3.05, 3.63) is 46.5 Å². The number of halogens is 1. The quantitative estimate of drug-likeness (QED) is 0.683. The Hall–Kier alpha value is -0.560. The first-order chi connectivity index (χ1) is 5.68. The van der Waals surface area contributed by atoms with Gasteiger partial charge in [0.25, 0.3) is 0 Å². The Labute approximate surface area is 82.4 Å². The van der Waals surface area contributed by atoms with Crippen molar-refractivity contribution in [3.8, 4) is 0 Å². The lowest BCUT2D eigenvalue weighted by Crippen LogP contribution is -1.84. The maximum atomic E-state index is 3.88. The predicted octanol–water partition coefficient (Wildman–Crippen LogP) is 3.96. The van der Waals surface area contributed by atoms with Gasteiger partial charge in [-0.3, -0.25) is 0 Å². The van der Waals surface area contributed by atoms with E-state index in [0.29, 0.717) is 0 Å². The Balaban J connectivity index is 2.53. The second-order valence-corrected chi connectivity index (χ2v) is 4.00. The van der Waals surface area contributed by atoms with Crippen molar-refractivity contribution in [2.24, 2.45) is 0 Å². The topological polar surface area (TPSA) is 0 Å². The van der Waals surface area contributed by atoms with Gasteiger partial charge < -0.3 is 0 Å². The summed E-state index contributed by atoms with van der Waals surface area (Å²) < 4.78 is 1.14. The van der Waals surface area contributed by atoms with Gasteiger partial charge in [-0.15, -0.1) is 6.58 Å². The second kappa shape index (κ2) is 4.46. The van der Waals surface area contributed by atoms with Crippen LogP contribution in [0.3, 0.4) is 0 Å². The third kappa shape index (κ3) is 3.22. The number of aryl methyl sites for hydroxylation is 1. The molecule has 0 atom stereocenters. The number of hydrogen-bond acceptors (Lipinski definition) is 0. The molecular weight excluding hydrogens is 212 g/mol. The van der Waals surface area contributed by atoms with Gasteiger partial charge in [0.1, 0.15) is 0 Å². The van der Waals surface area contributed by atoms with Crippen LogP contribution in [-0.4, -0.2) is 0 Å². The normalized spacial score (nSPS) is 9.83. The number of benzene rings is 1. The van der Waals surface area contributed by atoms with Crippen LogP contribution in [0.5, 0.6) is 0 Å². The van der Waals surface area contributed by atoms with Gasteiger partial charge in [-0.25, -0.2) is 0 Å². The Morgan fingerprint density at radius 3 is 2.42 bits per heavy atom. The fourth-order valence-corrected chi connectivity index (χ4v) is 1.27. The van der Waals surface area contributed by atoms with Gasteiger partial charge in [-0.2, -0.15) is 0 Å². The summed E-state index contributed by atoms with van der Waals surface area (Å²) in [7, 11) is 0. The molecular formula is C11H13Br. The zero-order valence-electron chi connectivity index (χ0n) is 7.31. The van der Waals surface area contributed by atoms with Crippen LogP contribution in [0.2, 0.25) is 0 Å². The number of allylic oxidation sites excluding steroid dienone is 1. The van der Waals surface area contributed by atoms with Crippen molar-refractivity contribution in [3.63, 3.8) is 0 Å². The molecule has 0 fully saturated rings. The van der Waals surface area contributed by atoms with E-state index in [0.717, 1.165) is 17.3 Å². The van der Waals surface area contributed by atoms with E-state index in [4.69, 9.17) is 0 Å². The van der Waals surface area contributed by atoms with Crippen LogP contribution in [0.25, 0.3) is 0 Å². The van der Waals surface area contributed by atoms with Crippen molar-refractivity contribution in [1.82, 2.24) is 0 Å². The summed E-state index contributed by atoms with van der Waals surface area (Å²) in [5.41, 5.74) is 2.62. The molecule has 0 saturated carbocycles. The smallest absolute Gasteiger partial charge is 0.0175 e. The van der Waals surface area contributed by atoms with Gasteiger partial charge in [0.05, 0.1) is 0 Å². The molecule has 0 saturated heterocycles. The highest BCUT2D eigenvalue weighted by atomic mass is 79.9. The summed E-state index contributed by atoms with van der Waals surface area (Å²) in [4.78, 5) is 0. The molecule has 1 aromatic carbocycles. The Bertz CT molecular complexity index is 259. The lowest BCUT2D eigenvalue weighted by Gasteiger charge is -2.00. The van der Waals surface area contributed by atoms with Crippen molar-refractivity contribution in [1.29, 1.82) is 0 Å². The molecule has 0 aliphatic carbocycles. The number of hydrogen-bond donors (Lipinski definition) is 0. The van der Waals surface area contributed by atoms with Gasteiger partial charge >= 0.3 is 0 Å². The van der Waals surface area contributed by atoms with Crippen molar-refractivity contribution in [2.75, 3.05) is 0 Å². The molecule has 0 bridgehead atoms. The standard InChI is InChI=1S/C11H13Br/c1-9(2)3-4-10-5-7-11(12)8-6-10/h5-8H,1,3-4H2,2H3. The highest BCUT2D eigenvalue weighted by Crippen LogP contribution is 2.12. The molecule has 0 unspecified atom stereocenters. The van der Waals surface area contributed by atoms with Crippen molar-refractivity contribution < 1.29 is 0 Å². The van der Waals surface area contributed by atoms with Crippen molar-refractivity contribution in [2.45, 2.75) is 19.8 Å². The Kier molecular flexibility index (Phi) is 3.54. The van der Waals surface area contributed by atoms with E-state index >= 15 is 0 Å². The van der Waals surface area contributed by atoms with Gasteiger partial charge in [0.2, 0.25) is 0 Å². The van der Waals surface area contributed by atoms with Crippen LogP contribution < -0.4 is 0 Å². The molecule has 0 aliphatic rings. The van der Waals surface area contributed by atoms with Crippen LogP contribution in [0, 0.1) is 0 Å². The van der Waals surface area contributed by atoms with Crippen LogP contribution in [0.4, 0.5) is 0 Å². The monoisotopic (exact) mass is 224 g/mol. The van der Waals surface area contributed by atoms with Crippen molar-refractivity contribution >= 4 is 15.9 Å². The first-order valence-corrected chi connectivity index (χ1v) is 4.86. The first-order valence-electron chi connectivity index (χ1n) is 4.07. The van der Waals surface area contributed by atoms with Crippen LogP contribution in [0.1, 0.15) is 18.9 Å². The summed E-state index contributed by atoms with van der Waals surface area (Å²) in [5.74, 6) is 0. The number of rotatable bonds is 3. The second-order valence-electron chi connectivity index (χ2n) is 3.08. The van der Waals surface area contributed by atoms with Crippen LogP contribution in [-0.2, 0) is 6.42 Å². The molecule has 0 radical (unpaired) electrons. The lowest BCUT2D eigenvalue weighted by molar-refractivity contribution is 0.945. The Morgan fingerprint density at radius 2 is 1.92 bits per heavy atom. The van der Waals surface area contributed by atoms with Gasteiger partial charge in [0, 0.05) is 4.47 Å². The van der Waals surface area contributed by atoms with E-state index in [1.54, 1.807) is 0 Å². The molecule has 0 aliphatic heterocycles. The van der Waals surface area contributed by atoms with E-state index in [1.165, 1.54) is 11.1 Å². The maximum absolute atomic E-state index is 3.88. The molecule has 0 aromatic heterocycles. The zero-order valence-corrected chi connectivity index (χ0v) is 8.89. The molecule has 1 heteroatoms. The van der Waals surface area contributed by atoms with Gasteiger partial charge in [-0.1, -0.05) is 33.6 Å². The van der Waals surface area contributed by atoms with E-state index < -0.39 is 0 Å². The fourth-order valence-electron chi connectivity index (χ4n) is 1.01. The molecule has 1 rings (SSSR count). The molecule has 12 heavy (non-hydrogen) atoms. The molecule has 64 valence electrons. The summed E-state index contributed by atoms with van der Waals surface area (Å²) >= 11 is 3.41. The minimum absolute atomic E-state index is 1.08. The maximum Gasteiger partial charge on any atom is 0.0175 e. The van der Waals surface area contributed by atoms with Gasteiger partial charge in [-0.05, 0) is 37.5 Å². The fraction of sp³-hybridized carbons (Fsp3) is 0.273. The minimum atomic E-state index is 1.08. The average Bonchev–Trinajstić information content (AvgIpc) is 2.03. The molecule has 0 heterocycles. The lowest BCUT2D eigenvalue weighted by atomic mass is 10.1. The van der Waals surface area contributed by atoms with Crippen LogP contribution >= 0.6 is 15.9 Å². The largest absolute Gasteiger partial charge is 0.100 e. The first kappa shape index (κ1) is 9.53. The highest BCUT2D eigenvalue weighted by Gasteiger charge is 1.92. The summed E-state index contributed by atoms with van der Waals surface area (Å²) in [6.45, 7) is 5.95. The third-order valence-corrected chi connectivity index (χ3v) is 2.28. The van der Waals surface area contributed by atoms with E-state index in [9.17, 15) is 0 Å². The molecule has 0 amide bonds. The van der Waals surface area contributed by atoms with Crippen LogP contribution in [0.15, 0.2) is 40.9 Å². The van der Waals surface area contributed by atoms with E-state index in [1.807, 2.05) is 0 Å².